The minimum atomic E-state index is -0.631. The molecule has 1 aromatic carbocycles. The minimum Gasteiger partial charge on any atom is -0.490 e. The van der Waals surface area contributed by atoms with E-state index in [1.165, 1.54) is 26.4 Å². The molecule has 1 aromatic rings. The Morgan fingerprint density at radius 3 is 2.59 bits per heavy atom. The van der Waals surface area contributed by atoms with Crippen LogP contribution in [0.25, 0.3) is 0 Å². The van der Waals surface area contributed by atoms with Crippen molar-refractivity contribution in [1.82, 2.24) is 0 Å². The second-order valence-electron chi connectivity index (χ2n) is 3.19. The van der Waals surface area contributed by atoms with Gasteiger partial charge in [-0.05, 0) is 12.1 Å². The molecule has 0 aliphatic heterocycles. The van der Waals surface area contributed by atoms with Gasteiger partial charge in [-0.25, -0.2) is 0 Å². The van der Waals surface area contributed by atoms with E-state index in [4.69, 9.17) is 10.5 Å². The van der Waals surface area contributed by atoms with Gasteiger partial charge in [0.2, 0.25) is 0 Å². The number of rotatable bonds is 4. The number of nitro benzene ring substituents is 1. The fraction of sp³-hybridized carbons (Fsp3) is 0.300. The third-order valence-electron chi connectivity index (χ3n) is 2.23. The van der Waals surface area contributed by atoms with Crippen molar-refractivity contribution in [3.8, 4) is 5.75 Å². The lowest BCUT2D eigenvalue weighted by molar-refractivity contribution is -0.386. The highest BCUT2D eigenvalue weighted by Crippen LogP contribution is 2.34. The Labute approximate surface area is 97.3 Å². The van der Waals surface area contributed by atoms with Crippen LogP contribution in [0.5, 0.6) is 5.75 Å². The molecule has 0 amide bonds. The van der Waals surface area contributed by atoms with Crippen LogP contribution in [0, 0.1) is 10.1 Å². The highest BCUT2D eigenvalue weighted by atomic mass is 16.6. The molecule has 17 heavy (non-hydrogen) atoms. The molecular weight excluding hydrogens is 228 g/mol. The van der Waals surface area contributed by atoms with E-state index in [0.29, 0.717) is 0 Å². The molecule has 7 nitrogen and oxygen atoms in total. The van der Waals surface area contributed by atoms with Crippen LogP contribution in [0.2, 0.25) is 0 Å². The zero-order chi connectivity index (χ0) is 13.0. The summed E-state index contributed by atoms with van der Waals surface area (Å²) < 4.78 is 9.33. The molecule has 0 bridgehead atoms. The molecule has 0 atom stereocenters. The first kappa shape index (κ1) is 12.8. The average Bonchev–Trinajstić information content (AvgIpc) is 2.30. The molecule has 92 valence electrons. The van der Waals surface area contributed by atoms with Gasteiger partial charge in [0.1, 0.15) is 0 Å². The van der Waals surface area contributed by atoms with Gasteiger partial charge in [-0.2, -0.15) is 0 Å². The van der Waals surface area contributed by atoms with Gasteiger partial charge in [0, 0.05) is 5.69 Å². The molecule has 0 radical (unpaired) electrons. The quantitative estimate of drug-likeness (QED) is 0.363. The smallest absolute Gasteiger partial charge is 0.316 e. The summed E-state index contributed by atoms with van der Waals surface area (Å²) >= 11 is 0. The van der Waals surface area contributed by atoms with Crippen LogP contribution in [0.15, 0.2) is 12.1 Å². The van der Waals surface area contributed by atoms with Crippen molar-refractivity contribution in [2.24, 2.45) is 0 Å². The van der Waals surface area contributed by atoms with Crippen molar-refractivity contribution in [3.63, 3.8) is 0 Å². The largest absolute Gasteiger partial charge is 0.490 e. The van der Waals surface area contributed by atoms with Gasteiger partial charge < -0.3 is 15.2 Å². The second kappa shape index (κ2) is 5.15. The summed E-state index contributed by atoms with van der Waals surface area (Å²) in [6.45, 7) is 0. The first-order valence-electron chi connectivity index (χ1n) is 4.67. The lowest BCUT2D eigenvalue weighted by Gasteiger charge is -2.08. The van der Waals surface area contributed by atoms with Crippen LogP contribution in [-0.4, -0.2) is 25.1 Å². The Balaban J connectivity index is 3.33. The van der Waals surface area contributed by atoms with Gasteiger partial charge in [-0.3, -0.25) is 14.9 Å². The maximum absolute atomic E-state index is 11.2. The Morgan fingerprint density at radius 1 is 1.47 bits per heavy atom. The van der Waals surface area contributed by atoms with Crippen molar-refractivity contribution in [2.45, 2.75) is 6.42 Å². The number of nitrogen functional groups attached to an aromatic ring is 1. The molecule has 0 spiro atoms. The average molecular weight is 240 g/mol. The highest BCUT2D eigenvalue weighted by molar-refractivity contribution is 5.79. The normalized spacial score (nSPS) is 9.76. The number of hydrogen-bond donors (Lipinski definition) is 1. The molecule has 0 heterocycles. The fourth-order valence-corrected chi connectivity index (χ4v) is 1.40. The van der Waals surface area contributed by atoms with Gasteiger partial charge in [-0.15, -0.1) is 0 Å². The predicted octanol–water partition coefficient (Wildman–Crippen LogP) is 0.901. The predicted molar refractivity (Wildman–Crippen MR) is 59.8 cm³/mol. The molecule has 0 fully saturated rings. The van der Waals surface area contributed by atoms with Gasteiger partial charge in [0.25, 0.3) is 0 Å². The number of nitrogens with two attached hydrogens (primary N) is 1. The molecule has 0 aromatic heterocycles. The van der Waals surface area contributed by atoms with Gasteiger partial charge >= 0.3 is 11.7 Å². The zero-order valence-electron chi connectivity index (χ0n) is 9.43. The maximum atomic E-state index is 11.2. The first-order valence-corrected chi connectivity index (χ1v) is 4.67. The Hall–Kier alpha value is -2.31. The number of hydrogen-bond acceptors (Lipinski definition) is 6. The lowest BCUT2D eigenvalue weighted by Crippen LogP contribution is -2.10. The van der Waals surface area contributed by atoms with E-state index in [1.807, 2.05) is 0 Å². The molecule has 0 saturated heterocycles. The van der Waals surface area contributed by atoms with E-state index < -0.39 is 10.9 Å². The third kappa shape index (κ3) is 2.63. The van der Waals surface area contributed by atoms with E-state index in [-0.39, 0.29) is 29.1 Å². The standard InChI is InChI=1S/C10H12N2O5/c1-16-8-4-3-7(11)6(5-9(13)17-2)10(8)12(14)15/h3-4H,5,11H2,1-2H3. The summed E-state index contributed by atoms with van der Waals surface area (Å²) in [5.74, 6) is -0.545. The number of methoxy groups -OCH3 is 2. The van der Waals surface area contributed by atoms with Crippen molar-refractivity contribution >= 4 is 17.3 Å². The molecule has 2 N–H and O–H groups in total. The lowest BCUT2D eigenvalue weighted by atomic mass is 10.1. The summed E-state index contributed by atoms with van der Waals surface area (Å²) in [5, 5.41) is 10.9. The second-order valence-corrected chi connectivity index (χ2v) is 3.19. The van der Waals surface area contributed by atoms with Crippen molar-refractivity contribution in [1.29, 1.82) is 0 Å². The molecule has 7 heteroatoms. The van der Waals surface area contributed by atoms with Gasteiger partial charge in [0.05, 0.1) is 31.1 Å². The van der Waals surface area contributed by atoms with Crippen molar-refractivity contribution in [2.75, 3.05) is 20.0 Å². The Kier molecular flexibility index (Phi) is 3.86. The number of benzene rings is 1. The number of anilines is 1. The van der Waals surface area contributed by atoms with Crippen LogP contribution in [0.4, 0.5) is 11.4 Å². The number of nitrogens with zero attached hydrogens (tertiary/aromatic N) is 1. The van der Waals surface area contributed by atoms with E-state index >= 15 is 0 Å². The van der Waals surface area contributed by atoms with E-state index in [9.17, 15) is 14.9 Å². The number of carbonyl (C=O) groups is 1. The number of carbonyl (C=O) groups excluding carboxylic acids is 1. The summed E-state index contributed by atoms with van der Waals surface area (Å²) in [5.41, 5.74) is 5.56. The van der Waals surface area contributed by atoms with E-state index in [1.54, 1.807) is 0 Å². The van der Waals surface area contributed by atoms with Crippen LogP contribution in [-0.2, 0) is 16.0 Å². The number of esters is 1. The SMILES string of the molecule is COC(=O)Cc1c(N)ccc(OC)c1[N+](=O)[O-]. The zero-order valence-corrected chi connectivity index (χ0v) is 9.43. The van der Waals surface area contributed by atoms with Gasteiger partial charge in [0.15, 0.2) is 5.75 Å². The Morgan fingerprint density at radius 2 is 2.12 bits per heavy atom. The van der Waals surface area contributed by atoms with E-state index in [2.05, 4.69) is 4.74 Å². The summed E-state index contributed by atoms with van der Waals surface area (Å²) in [4.78, 5) is 21.5. The highest BCUT2D eigenvalue weighted by Gasteiger charge is 2.25. The summed E-state index contributed by atoms with van der Waals surface area (Å²) in [6, 6.07) is 2.83. The van der Waals surface area contributed by atoms with Crippen LogP contribution in [0.1, 0.15) is 5.56 Å². The summed E-state index contributed by atoms with van der Waals surface area (Å²) in [6.07, 6.45) is -0.268. The maximum Gasteiger partial charge on any atom is 0.316 e. The molecule has 0 saturated carbocycles. The number of nitro groups is 1. The van der Waals surface area contributed by atoms with Gasteiger partial charge in [-0.1, -0.05) is 0 Å². The van der Waals surface area contributed by atoms with Crippen LogP contribution in [0.3, 0.4) is 0 Å². The molecular formula is C10H12N2O5. The molecule has 0 aliphatic rings. The minimum absolute atomic E-state index is 0.0584. The molecule has 1 rings (SSSR count). The molecule has 0 unspecified atom stereocenters. The first-order chi connectivity index (χ1) is 8.01. The van der Waals surface area contributed by atoms with Crippen molar-refractivity contribution < 1.29 is 19.2 Å². The third-order valence-corrected chi connectivity index (χ3v) is 2.23. The molecule has 0 aliphatic carbocycles. The van der Waals surface area contributed by atoms with Crippen LogP contribution < -0.4 is 10.5 Å². The Bertz CT molecular complexity index is 458. The topological polar surface area (TPSA) is 105 Å². The number of ether oxygens (including phenoxy) is 2. The van der Waals surface area contributed by atoms with Crippen LogP contribution >= 0.6 is 0 Å². The summed E-state index contributed by atoms with van der Waals surface area (Å²) in [7, 11) is 2.50. The van der Waals surface area contributed by atoms with E-state index in [0.717, 1.165) is 0 Å². The fourth-order valence-electron chi connectivity index (χ4n) is 1.40. The monoisotopic (exact) mass is 240 g/mol. The van der Waals surface area contributed by atoms with Crippen molar-refractivity contribution in [3.05, 3.63) is 27.8 Å².